The van der Waals surface area contributed by atoms with E-state index in [2.05, 4.69) is 42.2 Å². The molecular formula is C18H15Br2N3O2. The van der Waals surface area contributed by atoms with E-state index in [1.54, 1.807) is 11.1 Å². The quantitative estimate of drug-likeness (QED) is 0.704. The molecule has 5 nitrogen and oxygen atoms in total. The smallest absolute Gasteiger partial charge is 0.245 e. The Kier molecular flexibility index (Phi) is 4.37. The molecule has 0 saturated heterocycles. The van der Waals surface area contributed by atoms with E-state index < -0.39 is 5.92 Å². The SMILES string of the molecule is O=C(NC1CC1)C1Cc2cccnc2N(c2cc(Br)cc(Br)c2)C1=O. The van der Waals surface area contributed by atoms with Crippen molar-refractivity contribution in [1.82, 2.24) is 10.3 Å². The maximum atomic E-state index is 13.1. The van der Waals surface area contributed by atoms with Gasteiger partial charge in [-0.1, -0.05) is 37.9 Å². The third-order valence-electron chi connectivity index (χ3n) is 4.37. The van der Waals surface area contributed by atoms with Gasteiger partial charge in [-0.05, 0) is 49.1 Å². The lowest BCUT2D eigenvalue weighted by Gasteiger charge is -2.32. The first-order valence-electron chi connectivity index (χ1n) is 8.07. The second-order valence-corrected chi connectivity index (χ2v) is 8.16. The molecular weight excluding hydrogens is 450 g/mol. The van der Waals surface area contributed by atoms with Crippen LogP contribution < -0.4 is 10.2 Å². The molecule has 1 aromatic carbocycles. The van der Waals surface area contributed by atoms with Gasteiger partial charge < -0.3 is 5.32 Å². The van der Waals surface area contributed by atoms with E-state index in [0.29, 0.717) is 17.9 Å². The highest BCUT2D eigenvalue weighted by Gasteiger charge is 2.40. The number of nitrogens with zero attached hydrogens (tertiary/aromatic N) is 2. The Hall–Kier alpha value is -1.73. The van der Waals surface area contributed by atoms with Crippen LogP contribution in [0.5, 0.6) is 0 Å². The Balaban J connectivity index is 1.77. The summed E-state index contributed by atoms with van der Waals surface area (Å²) in [6, 6.07) is 9.58. The molecule has 1 N–H and O–H groups in total. The monoisotopic (exact) mass is 463 g/mol. The van der Waals surface area contributed by atoms with Crippen molar-refractivity contribution in [3.63, 3.8) is 0 Å². The highest BCUT2D eigenvalue weighted by Crippen LogP contribution is 2.37. The number of aromatic nitrogens is 1. The summed E-state index contributed by atoms with van der Waals surface area (Å²) in [6.45, 7) is 0. The van der Waals surface area contributed by atoms with Gasteiger partial charge in [0.15, 0.2) is 0 Å². The Morgan fingerprint density at radius 3 is 2.60 bits per heavy atom. The minimum atomic E-state index is -0.727. The molecule has 1 atom stereocenters. The Labute approximate surface area is 162 Å². The molecule has 1 unspecified atom stereocenters. The van der Waals surface area contributed by atoms with Crippen molar-refractivity contribution in [2.24, 2.45) is 5.92 Å². The van der Waals surface area contributed by atoms with Crippen molar-refractivity contribution in [1.29, 1.82) is 0 Å². The van der Waals surface area contributed by atoms with Crippen molar-refractivity contribution >= 4 is 55.2 Å². The van der Waals surface area contributed by atoms with Crippen LogP contribution in [0.1, 0.15) is 18.4 Å². The van der Waals surface area contributed by atoms with Crippen molar-refractivity contribution in [2.75, 3.05) is 4.90 Å². The fourth-order valence-electron chi connectivity index (χ4n) is 3.01. The van der Waals surface area contributed by atoms with Gasteiger partial charge in [-0.3, -0.25) is 14.5 Å². The van der Waals surface area contributed by atoms with Gasteiger partial charge in [0, 0.05) is 21.2 Å². The Morgan fingerprint density at radius 1 is 1.20 bits per heavy atom. The van der Waals surface area contributed by atoms with E-state index in [4.69, 9.17) is 0 Å². The van der Waals surface area contributed by atoms with Crippen molar-refractivity contribution in [3.05, 3.63) is 51.0 Å². The number of benzene rings is 1. The predicted molar refractivity (Wildman–Crippen MR) is 102 cm³/mol. The van der Waals surface area contributed by atoms with Crippen LogP contribution in [-0.4, -0.2) is 22.8 Å². The summed E-state index contributed by atoms with van der Waals surface area (Å²) in [5.41, 5.74) is 1.57. The molecule has 1 saturated carbocycles. The topological polar surface area (TPSA) is 62.3 Å². The standard InChI is InChI=1S/C18H15Br2N3O2/c19-11-7-12(20)9-14(8-11)23-16-10(2-1-5-21-16)6-15(18(23)25)17(24)22-13-3-4-13/h1-2,5,7-9,13,15H,3-4,6H2,(H,22,24). The van der Waals surface area contributed by atoms with Gasteiger partial charge in [0.25, 0.3) is 0 Å². The van der Waals surface area contributed by atoms with Crippen LogP contribution in [0.2, 0.25) is 0 Å². The van der Waals surface area contributed by atoms with Gasteiger partial charge in [0.2, 0.25) is 11.8 Å². The van der Waals surface area contributed by atoms with Crippen molar-refractivity contribution < 1.29 is 9.59 Å². The fraction of sp³-hybridized carbons (Fsp3) is 0.278. The zero-order chi connectivity index (χ0) is 17.6. The molecule has 1 aliphatic carbocycles. The van der Waals surface area contributed by atoms with Crippen LogP contribution in [0.15, 0.2) is 45.5 Å². The number of fused-ring (bicyclic) bond motifs is 1. The van der Waals surface area contributed by atoms with Gasteiger partial charge in [0.1, 0.15) is 11.7 Å². The van der Waals surface area contributed by atoms with Gasteiger partial charge in [-0.15, -0.1) is 0 Å². The van der Waals surface area contributed by atoms with E-state index in [1.807, 2.05) is 30.3 Å². The molecule has 1 aromatic heterocycles. The molecule has 0 radical (unpaired) electrons. The number of rotatable bonds is 3. The minimum absolute atomic E-state index is 0.193. The lowest BCUT2D eigenvalue weighted by molar-refractivity contribution is -0.133. The minimum Gasteiger partial charge on any atom is -0.353 e. The number of amides is 2. The molecule has 25 heavy (non-hydrogen) atoms. The normalized spacial score (nSPS) is 19.5. The van der Waals surface area contributed by atoms with E-state index in [-0.39, 0.29) is 17.9 Å². The molecule has 2 aliphatic rings. The van der Waals surface area contributed by atoms with Crippen LogP contribution in [0.4, 0.5) is 11.5 Å². The number of pyridine rings is 1. The lowest BCUT2D eigenvalue weighted by atomic mass is 9.92. The summed E-state index contributed by atoms with van der Waals surface area (Å²) in [6.07, 6.45) is 4.03. The highest BCUT2D eigenvalue weighted by atomic mass is 79.9. The fourth-order valence-corrected chi connectivity index (χ4v) is 4.28. The van der Waals surface area contributed by atoms with E-state index >= 15 is 0 Å². The average Bonchev–Trinajstić information content (AvgIpc) is 3.37. The zero-order valence-corrected chi connectivity index (χ0v) is 16.4. The molecule has 0 bridgehead atoms. The second-order valence-electron chi connectivity index (χ2n) is 6.33. The number of halogens is 2. The van der Waals surface area contributed by atoms with E-state index in [1.165, 1.54) is 0 Å². The second kappa shape index (κ2) is 6.53. The van der Waals surface area contributed by atoms with Gasteiger partial charge in [0.05, 0.1) is 5.69 Å². The van der Waals surface area contributed by atoms with Gasteiger partial charge in [-0.25, -0.2) is 4.98 Å². The van der Waals surface area contributed by atoms with E-state index in [9.17, 15) is 9.59 Å². The average molecular weight is 465 g/mol. The first kappa shape index (κ1) is 16.7. The highest BCUT2D eigenvalue weighted by molar-refractivity contribution is 9.11. The molecule has 1 aliphatic heterocycles. The van der Waals surface area contributed by atoms with Gasteiger partial charge in [-0.2, -0.15) is 0 Å². The maximum absolute atomic E-state index is 13.1. The summed E-state index contributed by atoms with van der Waals surface area (Å²) in [5, 5.41) is 2.95. The largest absolute Gasteiger partial charge is 0.353 e. The zero-order valence-electron chi connectivity index (χ0n) is 13.2. The van der Waals surface area contributed by atoms with E-state index in [0.717, 1.165) is 27.4 Å². The lowest BCUT2D eigenvalue weighted by Crippen LogP contribution is -2.47. The van der Waals surface area contributed by atoms with Crippen LogP contribution >= 0.6 is 31.9 Å². The Morgan fingerprint density at radius 2 is 1.92 bits per heavy atom. The summed E-state index contributed by atoms with van der Waals surface area (Å²) in [5.74, 6) is -0.571. The molecule has 1 fully saturated rings. The number of hydrogen-bond donors (Lipinski definition) is 1. The van der Waals surface area contributed by atoms with Crippen molar-refractivity contribution in [2.45, 2.75) is 25.3 Å². The van der Waals surface area contributed by atoms with Crippen LogP contribution in [0.3, 0.4) is 0 Å². The molecule has 7 heteroatoms. The molecule has 2 heterocycles. The van der Waals surface area contributed by atoms with Crippen LogP contribution in [0.25, 0.3) is 0 Å². The summed E-state index contributed by atoms with van der Waals surface area (Å²) >= 11 is 6.91. The number of anilines is 2. The molecule has 2 amide bonds. The predicted octanol–water partition coefficient (Wildman–Crippen LogP) is 3.72. The summed E-state index contributed by atoms with van der Waals surface area (Å²) in [4.78, 5) is 31.7. The number of nitrogens with one attached hydrogen (secondary N) is 1. The molecule has 0 spiro atoms. The van der Waals surface area contributed by atoms with Crippen molar-refractivity contribution in [3.8, 4) is 0 Å². The van der Waals surface area contributed by atoms with Gasteiger partial charge >= 0.3 is 0 Å². The first-order chi connectivity index (χ1) is 12.0. The first-order valence-corrected chi connectivity index (χ1v) is 9.66. The molecule has 4 rings (SSSR count). The Bertz CT molecular complexity index is 847. The summed E-state index contributed by atoms with van der Waals surface area (Å²) in [7, 11) is 0. The number of hydrogen-bond acceptors (Lipinski definition) is 3. The number of carbonyl (C=O) groups excluding carboxylic acids is 2. The van der Waals surface area contributed by atoms with Crippen LogP contribution in [-0.2, 0) is 16.0 Å². The molecule has 128 valence electrons. The summed E-state index contributed by atoms with van der Waals surface area (Å²) < 4.78 is 1.68. The molecule has 2 aromatic rings. The number of carbonyl (C=O) groups is 2. The third-order valence-corrected chi connectivity index (χ3v) is 5.28. The third kappa shape index (κ3) is 3.35. The van der Waals surface area contributed by atoms with Crippen LogP contribution in [0, 0.1) is 5.92 Å². The maximum Gasteiger partial charge on any atom is 0.245 e.